The van der Waals surface area contributed by atoms with Gasteiger partial charge in [0.1, 0.15) is 6.54 Å². The summed E-state index contributed by atoms with van der Waals surface area (Å²) in [5, 5.41) is 8.69. The molecule has 1 amide bonds. The van der Waals surface area contributed by atoms with Crippen LogP contribution in [0.3, 0.4) is 0 Å². The van der Waals surface area contributed by atoms with E-state index in [2.05, 4.69) is 32.8 Å². The first kappa shape index (κ1) is 26.0. The Labute approximate surface area is 181 Å². The van der Waals surface area contributed by atoms with Crippen LogP contribution in [0.2, 0.25) is 0 Å². The van der Waals surface area contributed by atoms with E-state index in [0.717, 1.165) is 12.1 Å². The van der Waals surface area contributed by atoms with Gasteiger partial charge in [0.2, 0.25) is 5.91 Å². The molecule has 0 saturated heterocycles. The van der Waals surface area contributed by atoms with Gasteiger partial charge in [-0.2, -0.15) is 13.2 Å². The molecule has 0 saturated carbocycles. The molecule has 0 aliphatic heterocycles. The van der Waals surface area contributed by atoms with Crippen molar-refractivity contribution in [1.82, 2.24) is 16.0 Å². The molecular weight excluding hydrogens is 484 g/mol. The highest BCUT2D eigenvalue weighted by Gasteiger charge is 2.30. The summed E-state index contributed by atoms with van der Waals surface area (Å²) in [4.78, 5) is 16.0. The Kier molecular flexibility index (Phi) is 11.0. The lowest BCUT2D eigenvalue weighted by Gasteiger charge is -2.19. The van der Waals surface area contributed by atoms with Gasteiger partial charge in [-0.25, -0.2) is 4.99 Å². The van der Waals surface area contributed by atoms with Gasteiger partial charge in [0.15, 0.2) is 5.96 Å². The number of alkyl halides is 3. The number of aliphatic imine (C=N–C) groups is 1. The molecule has 0 spiro atoms. The van der Waals surface area contributed by atoms with E-state index in [1.165, 1.54) is 12.1 Å². The van der Waals surface area contributed by atoms with Gasteiger partial charge in [0, 0.05) is 17.6 Å². The number of guanidine groups is 1. The highest BCUT2D eigenvalue weighted by Crippen LogP contribution is 2.29. The molecule has 156 valence electrons. The second-order valence-corrected chi connectivity index (χ2v) is 6.73. The van der Waals surface area contributed by atoms with E-state index < -0.39 is 11.7 Å². The smallest absolute Gasteiger partial charge is 0.357 e. The maximum atomic E-state index is 12.7. The maximum Gasteiger partial charge on any atom is 0.416 e. The van der Waals surface area contributed by atoms with Crippen molar-refractivity contribution in [3.05, 3.63) is 35.4 Å². The van der Waals surface area contributed by atoms with E-state index in [4.69, 9.17) is 0 Å². The first-order chi connectivity index (χ1) is 12.5. The highest BCUT2D eigenvalue weighted by molar-refractivity contribution is 14.0. The third-order valence-corrected chi connectivity index (χ3v) is 3.01. The van der Waals surface area contributed by atoms with E-state index in [1.54, 1.807) is 0 Å². The molecule has 0 bridgehead atoms. The van der Waals surface area contributed by atoms with Crippen LogP contribution in [0.1, 0.15) is 38.8 Å². The summed E-state index contributed by atoms with van der Waals surface area (Å²) in [6.45, 7) is 8.22. The third-order valence-electron chi connectivity index (χ3n) is 3.01. The van der Waals surface area contributed by atoms with E-state index >= 15 is 0 Å². The van der Waals surface area contributed by atoms with Gasteiger partial charge in [0.05, 0.1) is 12.1 Å². The van der Waals surface area contributed by atoms with Crippen molar-refractivity contribution >= 4 is 35.8 Å². The number of hydrogen-bond donors (Lipinski definition) is 3. The highest BCUT2D eigenvalue weighted by atomic mass is 127. The Morgan fingerprint density at radius 3 is 2.43 bits per heavy atom. The number of benzene rings is 1. The van der Waals surface area contributed by atoms with E-state index in [-0.39, 0.29) is 54.1 Å². The number of hydrogen-bond acceptors (Lipinski definition) is 2. The molecule has 9 heteroatoms. The minimum absolute atomic E-state index is 0. The monoisotopic (exact) mass is 510 g/mol. The minimum Gasteiger partial charge on any atom is -0.357 e. The summed E-state index contributed by atoms with van der Waals surface area (Å²) in [7, 11) is 0. The molecule has 3 N–H and O–H groups in total. The van der Waals surface area contributed by atoms with Crippen LogP contribution in [-0.2, 0) is 11.0 Å². The summed E-state index contributed by atoms with van der Waals surface area (Å²) in [6, 6.07) is 4.84. The van der Waals surface area contributed by atoms with Crippen molar-refractivity contribution < 1.29 is 18.0 Å². The predicted molar refractivity (Wildman–Crippen MR) is 116 cm³/mol. The second-order valence-electron chi connectivity index (χ2n) is 6.73. The average molecular weight is 510 g/mol. The van der Waals surface area contributed by atoms with Gasteiger partial charge in [0.25, 0.3) is 0 Å². The van der Waals surface area contributed by atoms with Crippen LogP contribution in [0.15, 0.2) is 29.3 Å². The third kappa shape index (κ3) is 11.0. The van der Waals surface area contributed by atoms with Crippen LogP contribution in [0.5, 0.6) is 0 Å². The van der Waals surface area contributed by atoms with Crippen molar-refractivity contribution in [3.63, 3.8) is 0 Å². The van der Waals surface area contributed by atoms with Gasteiger partial charge in [-0.3, -0.25) is 4.79 Å². The number of carbonyl (C=O) groups is 1. The molecular formula is C19H26F3IN4O. The Hall–Kier alpha value is -1.96. The van der Waals surface area contributed by atoms with Crippen LogP contribution < -0.4 is 16.0 Å². The number of nitrogens with one attached hydrogen (secondary N) is 3. The molecule has 28 heavy (non-hydrogen) atoms. The van der Waals surface area contributed by atoms with Crippen molar-refractivity contribution in [2.75, 3.05) is 19.6 Å². The van der Waals surface area contributed by atoms with Gasteiger partial charge < -0.3 is 16.0 Å². The molecule has 0 heterocycles. The number of halogens is 4. The SMILES string of the molecule is CCNC(=NCC(=O)NC(C)(C)C)NCC#Cc1cccc(C(F)(F)F)c1.I. The zero-order chi connectivity index (χ0) is 20.5. The Balaban J connectivity index is 0.00000729. The van der Waals surface area contributed by atoms with Crippen molar-refractivity contribution in [1.29, 1.82) is 0 Å². The fraction of sp³-hybridized carbons (Fsp3) is 0.474. The summed E-state index contributed by atoms with van der Waals surface area (Å²) in [6.07, 6.45) is -4.39. The Morgan fingerprint density at radius 2 is 1.86 bits per heavy atom. The fourth-order valence-electron chi connectivity index (χ4n) is 2.00. The zero-order valence-electron chi connectivity index (χ0n) is 16.3. The molecule has 0 aromatic heterocycles. The Bertz CT molecular complexity index is 731. The van der Waals surface area contributed by atoms with Crippen LogP contribution in [0.25, 0.3) is 0 Å². The molecule has 1 rings (SSSR count). The molecule has 0 unspecified atom stereocenters. The molecule has 0 atom stereocenters. The molecule has 1 aromatic carbocycles. The lowest BCUT2D eigenvalue weighted by atomic mass is 10.1. The number of amides is 1. The van der Waals surface area contributed by atoms with Crippen LogP contribution in [0, 0.1) is 11.8 Å². The summed E-state index contributed by atoms with van der Waals surface area (Å²) >= 11 is 0. The minimum atomic E-state index is -4.39. The molecule has 1 aromatic rings. The lowest BCUT2D eigenvalue weighted by molar-refractivity contribution is -0.137. The van der Waals surface area contributed by atoms with Crippen molar-refractivity contribution in [3.8, 4) is 11.8 Å². The quantitative estimate of drug-likeness (QED) is 0.253. The summed E-state index contributed by atoms with van der Waals surface area (Å²) in [5.74, 6) is 5.61. The normalized spacial score (nSPS) is 11.6. The summed E-state index contributed by atoms with van der Waals surface area (Å²) in [5.41, 5.74) is -0.797. The van der Waals surface area contributed by atoms with Gasteiger partial charge in [-0.05, 0) is 45.9 Å². The molecule has 0 fully saturated rings. The maximum absolute atomic E-state index is 12.7. The summed E-state index contributed by atoms with van der Waals surface area (Å²) < 4.78 is 38.0. The van der Waals surface area contributed by atoms with Gasteiger partial charge in [-0.1, -0.05) is 17.9 Å². The topological polar surface area (TPSA) is 65.5 Å². The molecule has 5 nitrogen and oxygen atoms in total. The van der Waals surface area contributed by atoms with Crippen LogP contribution in [0.4, 0.5) is 13.2 Å². The number of carbonyl (C=O) groups excluding carboxylic acids is 1. The van der Waals surface area contributed by atoms with E-state index in [9.17, 15) is 18.0 Å². The molecule has 0 aliphatic rings. The zero-order valence-corrected chi connectivity index (χ0v) is 18.7. The van der Waals surface area contributed by atoms with E-state index in [0.29, 0.717) is 12.5 Å². The van der Waals surface area contributed by atoms with E-state index in [1.807, 2.05) is 27.7 Å². The second kappa shape index (κ2) is 11.8. The molecule has 0 radical (unpaired) electrons. The molecule has 0 aliphatic carbocycles. The standard InChI is InChI=1S/C19H25F3N4O.HI/c1-5-23-17(25-13-16(27)26-18(2,3)4)24-11-7-9-14-8-6-10-15(12-14)19(20,21)22;/h6,8,10,12H,5,11,13H2,1-4H3,(H,26,27)(H2,23,24,25);1H. The number of nitrogens with zero attached hydrogens (tertiary/aromatic N) is 1. The Morgan fingerprint density at radius 1 is 1.18 bits per heavy atom. The first-order valence-electron chi connectivity index (χ1n) is 8.50. The lowest BCUT2D eigenvalue weighted by Crippen LogP contribution is -2.43. The predicted octanol–water partition coefficient (Wildman–Crippen LogP) is 3.14. The van der Waals surface area contributed by atoms with Gasteiger partial charge in [-0.15, -0.1) is 24.0 Å². The average Bonchev–Trinajstić information content (AvgIpc) is 2.54. The fourth-order valence-corrected chi connectivity index (χ4v) is 2.00. The first-order valence-corrected chi connectivity index (χ1v) is 8.50. The van der Waals surface area contributed by atoms with Crippen LogP contribution in [-0.4, -0.2) is 37.0 Å². The van der Waals surface area contributed by atoms with Crippen molar-refractivity contribution in [2.24, 2.45) is 4.99 Å². The number of rotatable bonds is 4. The largest absolute Gasteiger partial charge is 0.416 e. The van der Waals surface area contributed by atoms with Crippen molar-refractivity contribution in [2.45, 2.75) is 39.4 Å². The van der Waals surface area contributed by atoms with Gasteiger partial charge >= 0.3 is 6.18 Å². The van der Waals surface area contributed by atoms with Crippen LogP contribution >= 0.6 is 24.0 Å².